The monoisotopic (exact) mass is 277 g/mol. The highest BCUT2D eigenvalue weighted by Gasteiger charge is 2.10. The van der Waals surface area contributed by atoms with Gasteiger partial charge in [0.15, 0.2) is 0 Å². The molecule has 0 saturated heterocycles. The van der Waals surface area contributed by atoms with Gasteiger partial charge in [-0.15, -0.1) is 11.3 Å². The van der Waals surface area contributed by atoms with Crippen LogP contribution in [0.1, 0.15) is 16.3 Å². The van der Waals surface area contributed by atoms with Crippen molar-refractivity contribution in [3.8, 4) is 6.07 Å². The van der Waals surface area contributed by atoms with Crippen molar-refractivity contribution in [1.29, 1.82) is 5.26 Å². The molecule has 0 unspecified atom stereocenters. The molecule has 18 heavy (non-hydrogen) atoms. The fourth-order valence-electron chi connectivity index (χ4n) is 1.68. The molecule has 0 N–H and O–H groups in total. The minimum absolute atomic E-state index is 0.621. The molecule has 0 spiro atoms. The van der Waals surface area contributed by atoms with E-state index in [9.17, 15) is 0 Å². The lowest BCUT2D eigenvalue weighted by molar-refractivity contribution is 0.903. The second-order valence-corrected chi connectivity index (χ2v) is 5.39. The SMILES string of the molecule is Cc1csc(CN(C)c2cc(Cl)ccc2C#N)n1. The molecule has 2 rings (SSSR count). The first-order chi connectivity index (χ1) is 8.60. The van der Waals surface area contributed by atoms with Crippen LogP contribution >= 0.6 is 22.9 Å². The second-order valence-electron chi connectivity index (χ2n) is 4.01. The van der Waals surface area contributed by atoms with Gasteiger partial charge in [-0.3, -0.25) is 0 Å². The Bertz CT molecular complexity index is 601. The van der Waals surface area contributed by atoms with Gasteiger partial charge in [0.1, 0.15) is 11.1 Å². The van der Waals surface area contributed by atoms with Crippen LogP contribution in [0.4, 0.5) is 5.69 Å². The first-order valence-corrected chi connectivity index (χ1v) is 6.67. The van der Waals surface area contributed by atoms with E-state index in [-0.39, 0.29) is 0 Å². The van der Waals surface area contributed by atoms with Crippen molar-refractivity contribution in [2.24, 2.45) is 0 Å². The van der Waals surface area contributed by atoms with Gasteiger partial charge in [0, 0.05) is 23.1 Å². The summed E-state index contributed by atoms with van der Waals surface area (Å²) >= 11 is 7.60. The van der Waals surface area contributed by atoms with Gasteiger partial charge in [-0.2, -0.15) is 5.26 Å². The normalized spacial score (nSPS) is 10.1. The molecular formula is C13H12ClN3S. The molecule has 3 nitrogen and oxygen atoms in total. The third kappa shape index (κ3) is 2.81. The van der Waals surface area contributed by atoms with E-state index in [1.54, 1.807) is 29.5 Å². The number of aryl methyl sites for hydroxylation is 1. The number of benzene rings is 1. The molecule has 0 saturated carbocycles. The summed E-state index contributed by atoms with van der Waals surface area (Å²) in [4.78, 5) is 6.40. The van der Waals surface area contributed by atoms with Gasteiger partial charge < -0.3 is 4.90 Å². The van der Waals surface area contributed by atoms with E-state index in [4.69, 9.17) is 16.9 Å². The molecule has 0 aliphatic carbocycles. The smallest absolute Gasteiger partial charge is 0.112 e. The summed E-state index contributed by atoms with van der Waals surface area (Å²) in [7, 11) is 1.93. The Morgan fingerprint density at radius 1 is 1.50 bits per heavy atom. The standard InChI is InChI=1S/C13H12ClN3S/c1-9-8-18-13(16-9)7-17(2)12-5-11(14)4-3-10(12)6-15/h3-5,8H,7H2,1-2H3. The molecule has 2 aromatic rings. The highest BCUT2D eigenvalue weighted by Crippen LogP contribution is 2.25. The fourth-order valence-corrected chi connectivity index (χ4v) is 2.67. The highest BCUT2D eigenvalue weighted by molar-refractivity contribution is 7.09. The van der Waals surface area contributed by atoms with E-state index >= 15 is 0 Å². The van der Waals surface area contributed by atoms with Crippen LogP contribution < -0.4 is 4.90 Å². The Hall–Kier alpha value is -1.57. The van der Waals surface area contributed by atoms with Gasteiger partial charge in [-0.05, 0) is 25.1 Å². The average molecular weight is 278 g/mol. The molecule has 1 aromatic carbocycles. The lowest BCUT2D eigenvalue weighted by Gasteiger charge is -2.19. The number of hydrogen-bond donors (Lipinski definition) is 0. The topological polar surface area (TPSA) is 39.9 Å². The van der Waals surface area contributed by atoms with E-state index in [1.165, 1.54) is 0 Å². The van der Waals surface area contributed by atoms with Crippen molar-refractivity contribution in [2.75, 3.05) is 11.9 Å². The predicted molar refractivity (Wildman–Crippen MR) is 75.1 cm³/mol. The number of aromatic nitrogens is 1. The molecule has 0 fully saturated rings. The third-order valence-corrected chi connectivity index (χ3v) is 3.72. The van der Waals surface area contributed by atoms with Gasteiger partial charge in [-0.1, -0.05) is 11.6 Å². The zero-order chi connectivity index (χ0) is 13.1. The van der Waals surface area contributed by atoms with Crippen molar-refractivity contribution in [3.63, 3.8) is 0 Å². The zero-order valence-corrected chi connectivity index (χ0v) is 11.7. The van der Waals surface area contributed by atoms with E-state index in [1.807, 2.05) is 24.3 Å². The van der Waals surface area contributed by atoms with Crippen LogP contribution in [0, 0.1) is 18.3 Å². The molecule has 1 aromatic heterocycles. The minimum atomic E-state index is 0.621. The molecule has 0 amide bonds. The van der Waals surface area contributed by atoms with E-state index in [2.05, 4.69) is 11.1 Å². The second kappa shape index (κ2) is 5.38. The molecule has 0 radical (unpaired) electrons. The molecule has 92 valence electrons. The number of anilines is 1. The van der Waals surface area contributed by atoms with Crippen LogP contribution in [-0.4, -0.2) is 12.0 Å². The summed E-state index contributed by atoms with van der Waals surface area (Å²) in [5.74, 6) is 0. The fraction of sp³-hybridized carbons (Fsp3) is 0.231. The van der Waals surface area contributed by atoms with Gasteiger partial charge in [0.05, 0.1) is 17.8 Å². The maximum atomic E-state index is 9.10. The molecule has 0 aliphatic heterocycles. The Labute approximate surface area is 115 Å². The number of nitriles is 1. The number of hydrogen-bond acceptors (Lipinski definition) is 4. The summed E-state index contributed by atoms with van der Waals surface area (Å²) in [6.45, 7) is 2.65. The van der Waals surface area contributed by atoms with Crippen molar-refractivity contribution >= 4 is 28.6 Å². The van der Waals surface area contributed by atoms with Crippen molar-refractivity contribution in [2.45, 2.75) is 13.5 Å². The van der Waals surface area contributed by atoms with Crippen LogP contribution in [0.3, 0.4) is 0 Å². The van der Waals surface area contributed by atoms with E-state index < -0.39 is 0 Å². The Kier molecular flexibility index (Phi) is 3.85. The van der Waals surface area contributed by atoms with Crippen LogP contribution in [0.5, 0.6) is 0 Å². The van der Waals surface area contributed by atoms with Gasteiger partial charge in [0.25, 0.3) is 0 Å². The minimum Gasteiger partial charge on any atom is -0.367 e. The van der Waals surface area contributed by atoms with Crippen molar-refractivity contribution < 1.29 is 0 Å². The Morgan fingerprint density at radius 2 is 2.28 bits per heavy atom. The van der Waals surface area contributed by atoms with Gasteiger partial charge in [-0.25, -0.2) is 4.98 Å². The first kappa shape index (κ1) is 12.9. The molecule has 5 heteroatoms. The van der Waals surface area contributed by atoms with E-state index in [0.29, 0.717) is 17.1 Å². The summed E-state index contributed by atoms with van der Waals surface area (Å²) in [5, 5.41) is 12.8. The number of halogens is 1. The Morgan fingerprint density at radius 3 is 2.89 bits per heavy atom. The van der Waals surface area contributed by atoms with Crippen LogP contribution in [-0.2, 0) is 6.54 Å². The van der Waals surface area contributed by atoms with Crippen molar-refractivity contribution in [1.82, 2.24) is 4.98 Å². The first-order valence-electron chi connectivity index (χ1n) is 5.42. The van der Waals surface area contributed by atoms with Gasteiger partial charge in [0.2, 0.25) is 0 Å². The van der Waals surface area contributed by atoms with E-state index in [0.717, 1.165) is 16.4 Å². The predicted octanol–water partition coefficient (Wildman–Crippen LogP) is 3.61. The third-order valence-electron chi connectivity index (χ3n) is 2.53. The summed E-state index contributed by atoms with van der Waals surface area (Å²) in [5.41, 5.74) is 2.48. The lowest BCUT2D eigenvalue weighted by Crippen LogP contribution is -2.17. The quantitative estimate of drug-likeness (QED) is 0.860. The molecule has 0 atom stereocenters. The maximum Gasteiger partial charge on any atom is 0.112 e. The summed E-state index contributed by atoms with van der Waals surface area (Å²) in [6, 6.07) is 7.45. The lowest BCUT2D eigenvalue weighted by atomic mass is 10.2. The number of rotatable bonds is 3. The Balaban J connectivity index is 2.26. The molecule has 0 bridgehead atoms. The summed E-state index contributed by atoms with van der Waals surface area (Å²) in [6.07, 6.45) is 0. The molecule has 1 heterocycles. The molecule has 0 aliphatic rings. The summed E-state index contributed by atoms with van der Waals surface area (Å²) < 4.78 is 0. The largest absolute Gasteiger partial charge is 0.367 e. The number of nitrogens with zero attached hydrogens (tertiary/aromatic N) is 3. The molecular weight excluding hydrogens is 266 g/mol. The maximum absolute atomic E-state index is 9.10. The highest BCUT2D eigenvalue weighted by atomic mass is 35.5. The van der Waals surface area contributed by atoms with Crippen LogP contribution in [0.25, 0.3) is 0 Å². The number of thiazole rings is 1. The van der Waals surface area contributed by atoms with Gasteiger partial charge >= 0.3 is 0 Å². The van der Waals surface area contributed by atoms with Crippen molar-refractivity contribution in [3.05, 3.63) is 44.9 Å². The average Bonchev–Trinajstić information content (AvgIpc) is 2.74. The zero-order valence-electron chi connectivity index (χ0n) is 10.1. The van der Waals surface area contributed by atoms with Crippen LogP contribution in [0.15, 0.2) is 23.6 Å². The van der Waals surface area contributed by atoms with Crippen LogP contribution in [0.2, 0.25) is 5.02 Å².